The number of carbonyl (C=O) groups excluding carboxylic acids is 1. The van der Waals surface area contributed by atoms with Gasteiger partial charge in [-0.05, 0) is 50.7 Å². The first-order valence-electron chi connectivity index (χ1n) is 10.9. The first-order valence-corrected chi connectivity index (χ1v) is 12.2. The SMILES string of the molecule is Cc1c(C(=O)NCC2CCCO2)cc(-c2csc(-c3ccccc3Cl)n2)n1CC1CC1. The molecule has 0 bridgehead atoms. The number of hydrogen-bond acceptors (Lipinski definition) is 4. The van der Waals surface area contributed by atoms with E-state index in [2.05, 4.69) is 15.3 Å². The van der Waals surface area contributed by atoms with Crippen LogP contribution in [0, 0.1) is 12.8 Å². The minimum atomic E-state index is -0.0367. The van der Waals surface area contributed by atoms with Crippen LogP contribution in [0.25, 0.3) is 22.0 Å². The lowest BCUT2D eigenvalue weighted by molar-refractivity contribution is 0.0857. The second-order valence-corrected chi connectivity index (χ2v) is 9.71. The predicted octanol–water partition coefficient (Wildman–Crippen LogP) is 5.56. The highest BCUT2D eigenvalue weighted by Gasteiger charge is 2.27. The molecule has 3 heterocycles. The van der Waals surface area contributed by atoms with Gasteiger partial charge in [0.25, 0.3) is 5.91 Å². The van der Waals surface area contributed by atoms with Crippen LogP contribution in [0.3, 0.4) is 0 Å². The summed E-state index contributed by atoms with van der Waals surface area (Å²) in [5.74, 6) is 0.652. The van der Waals surface area contributed by atoms with Gasteiger partial charge in [-0.15, -0.1) is 11.3 Å². The number of thiazole rings is 1. The lowest BCUT2D eigenvalue weighted by Crippen LogP contribution is -2.32. The van der Waals surface area contributed by atoms with Gasteiger partial charge in [0, 0.05) is 36.3 Å². The lowest BCUT2D eigenvalue weighted by atomic mass is 10.2. The predicted molar refractivity (Wildman–Crippen MR) is 125 cm³/mol. The molecule has 1 saturated heterocycles. The summed E-state index contributed by atoms with van der Waals surface area (Å²) >= 11 is 7.96. The summed E-state index contributed by atoms with van der Waals surface area (Å²) in [4.78, 5) is 17.9. The van der Waals surface area contributed by atoms with Crippen LogP contribution in [0.4, 0.5) is 0 Å². The fourth-order valence-electron chi connectivity index (χ4n) is 4.14. The molecule has 2 fully saturated rings. The van der Waals surface area contributed by atoms with E-state index in [1.165, 1.54) is 12.8 Å². The Balaban J connectivity index is 1.44. The van der Waals surface area contributed by atoms with E-state index in [1.54, 1.807) is 11.3 Å². The van der Waals surface area contributed by atoms with Crippen molar-refractivity contribution in [3.63, 3.8) is 0 Å². The van der Waals surface area contributed by atoms with Crippen molar-refractivity contribution in [3.8, 4) is 22.0 Å². The van der Waals surface area contributed by atoms with Crippen LogP contribution >= 0.6 is 22.9 Å². The summed E-state index contributed by atoms with van der Waals surface area (Å²) in [5, 5.41) is 6.72. The Bertz CT molecular complexity index is 1100. The van der Waals surface area contributed by atoms with Gasteiger partial charge in [-0.3, -0.25) is 4.79 Å². The van der Waals surface area contributed by atoms with Crippen LogP contribution < -0.4 is 5.32 Å². The van der Waals surface area contributed by atoms with Crippen molar-refractivity contribution in [2.45, 2.75) is 45.3 Å². The summed E-state index contributed by atoms with van der Waals surface area (Å²) in [6.07, 6.45) is 4.71. The molecule has 5 rings (SSSR count). The van der Waals surface area contributed by atoms with Gasteiger partial charge in [0.05, 0.1) is 28.1 Å². The number of ether oxygens (including phenoxy) is 1. The number of hydrogen-bond donors (Lipinski definition) is 1. The van der Waals surface area contributed by atoms with E-state index in [-0.39, 0.29) is 12.0 Å². The highest BCUT2D eigenvalue weighted by Crippen LogP contribution is 2.37. The van der Waals surface area contributed by atoms with Gasteiger partial charge in [-0.2, -0.15) is 0 Å². The summed E-state index contributed by atoms with van der Waals surface area (Å²) in [5.41, 5.74) is 4.55. The highest BCUT2D eigenvalue weighted by atomic mass is 35.5. The maximum atomic E-state index is 13.0. The Labute approximate surface area is 191 Å². The second-order valence-electron chi connectivity index (χ2n) is 8.45. The number of halogens is 1. The number of amides is 1. The van der Waals surface area contributed by atoms with Crippen LogP contribution in [-0.2, 0) is 11.3 Å². The third-order valence-electron chi connectivity index (χ3n) is 6.13. The monoisotopic (exact) mass is 455 g/mol. The number of nitrogens with one attached hydrogen (secondary N) is 1. The Kier molecular flexibility index (Phi) is 5.87. The summed E-state index contributed by atoms with van der Waals surface area (Å²) in [6.45, 7) is 4.32. The topological polar surface area (TPSA) is 56.1 Å². The molecule has 2 aromatic heterocycles. The smallest absolute Gasteiger partial charge is 0.253 e. The number of benzene rings is 1. The van der Waals surface area contributed by atoms with E-state index in [9.17, 15) is 4.79 Å². The number of aromatic nitrogens is 2. The van der Waals surface area contributed by atoms with Crippen molar-refractivity contribution in [3.05, 3.63) is 52.0 Å². The van der Waals surface area contributed by atoms with E-state index in [4.69, 9.17) is 21.3 Å². The van der Waals surface area contributed by atoms with Crippen molar-refractivity contribution >= 4 is 28.8 Å². The molecule has 1 aromatic carbocycles. The van der Waals surface area contributed by atoms with E-state index in [1.807, 2.05) is 37.3 Å². The minimum Gasteiger partial charge on any atom is -0.376 e. The molecule has 5 nitrogen and oxygen atoms in total. The van der Waals surface area contributed by atoms with Crippen molar-refractivity contribution in [1.82, 2.24) is 14.9 Å². The summed E-state index contributed by atoms with van der Waals surface area (Å²) in [7, 11) is 0. The van der Waals surface area contributed by atoms with Crippen LogP contribution in [0.1, 0.15) is 41.7 Å². The zero-order valence-corrected chi connectivity index (χ0v) is 19.1. The molecule has 1 aliphatic heterocycles. The molecule has 1 saturated carbocycles. The lowest BCUT2D eigenvalue weighted by Gasteiger charge is -2.12. The molecule has 1 unspecified atom stereocenters. The molecule has 1 N–H and O–H groups in total. The average molecular weight is 456 g/mol. The van der Waals surface area contributed by atoms with Gasteiger partial charge in [-0.25, -0.2) is 4.98 Å². The summed E-state index contributed by atoms with van der Waals surface area (Å²) in [6, 6.07) is 9.76. The van der Waals surface area contributed by atoms with Crippen LogP contribution in [-0.4, -0.2) is 34.7 Å². The Morgan fingerprint density at radius 1 is 1.32 bits per heavy atom. The Hall–Kier alpha value is -2.15. The molecule has 0 spiro atoms. The highest BCUT2D eigenvalue weighted by molar-refractivity contribution is 7.13. The minimum absolute atomic E-state index is 0.0367. The normalized spacial score (nSPS) is 18.5. The van der Waals surface area contributed by atoms with E-state index < -0.39 is 0 Å². The zero-order chi connectivity index (χ0) is 21.4. The molecule has 1 atom stereocenters. The number of carbonyl (C=O) groups is 1. The van der Waals surface area contributed by atoms with E-state index >= 15 is 0 Å². The van der Waals surface area contributed by atoms with Crippen molar-refractivity contribution in [2.75, 3.05) is 13.2 Å². The Morgan fingerprint density at radius 3 is 2.90 bits per heavy atom. The van der Waals surface area contributed by atoms with Gasteiger partial charge >= 0.3 is 0 Å². The number of nitrogens with zero attached hydrogens (tertiary/aromatic N) is 2. The molecule has 3 aromatic rings. The second kappa shape index (κ2) is 8.77. The standard InChI is InChI=1S/C24H26ClN3O2S/c1-15-19(23(29)26-12-17-5-4-10-30-17)11-22(28(15)13-16-8-9-16)21-14-31-24(27-21)18-6-2-3-7-20(18)25/h2-3,6-7,11,14,16-17H,4-5,8-10,12-13H2,1H3,(H,26,29). The fourth-order valence-corrected chi connectivity index (χ4v) is 5.27. The van der Waals surface area contributed by atoms with Gasteiger partial charge in [-0.1, -0.05) is 29.8 Å². The largest absolute Gasteiger partial charge is 0.376 e. The molecule has 31 heavy (non-hydrogen) atoms. The fraction of sp³-hybridized carbons (Fsp3) is 0.417. The molecule has 7 heteroatoms. The van der Waals surface area contributed by atoms with E-state index in [0.717, 1.165) is 59.2 Å². The molecule has 1 aliphatic carbocycles. The number of rotatable bonds is 7. The summed E-state index contributed by atoms with van der Waals surface area (Å²) < 4.78 is 7.91. The van der Waals surface area contributed by atoms with Gasteiger partial charge in [0.15, 0.2) is 0 Å². The average Bonchev–Trinajstić information content (AvgIpc) is 3.15. The van der Waals surface area contributed by atoms with Crippen molar-refractivity contribution in [1.29, 1.82) is 0 Å². The van der Waals surface area contributed by atoms with Crippen molar-refractivity contribution in [2.24, 2.45) is 5.92 Å². The van der Waals surface area contributed by atoms with Crippen LogP contribution in [0.15, 0.2) is 35.7 Å². The third kappa shape index (κ3) is 4.43. The molecular formula is C24H26ClN3O2S. The molecule has 1 amide bonds. The quantitative estimate of drug-likeness (QED) is 0.507. The third-order valence-corrected chi connectivity index (χ3v) is 7.34. The van der Waals surface area contributed by atoms with E-state index in [0.29, 0.717) is 17.5 Å². The molecule has 2 aliphatic rings. The first kappa shape index (κ1) is 20.7. The maximum absolute atomic E-state index is 13.0. The van der Waals surface area contributed by atoms with Crippen LogP contribution in [0.5, 0.6) is 0 Å². The first-order chi connectivity index (χ1) is 15.1. The molecule has 0 radical (unpaired) electrons. The Morgan fingerprint density at radius 2 is 2.16 bits per heavy atom. The van der Waals surface area contributed by atoms with Gasteiger partial charge in [0.1, 0.15) is 5.01 Å². The maximum Gasteiger partial charge on any atom is 0.253 e. The molecule has 162 valence electrons. The molecular weight excluding hydrogens is 430 g/mol. The van der Waals surface area contributed by atoms with Crippen LogP contribution in [0.2, 0.25) is 5.02 Å². The zero-order valence-electron chi connectivity index (χ0n) is 17.6. The van der Waals surface area contributed by atoms with Gasteiger partial charge < -0.3 is 14.6 Å². The van der Waals surface area contributed by atoms with Crippen molar-refractivity contribution < 1.29 is 9.53 Å². The van der Waals surface area contributed by atoms with Gasteiger partial charge in [0.2, 0.25) is 0 Å².